The Morgan fingerprint density at radius 3 is 2.42 bits per heavy atom. The van der Waals surface area contributed by atoms with Crippen molar-refractivity contribution in [3.63, 3.8) is 0 Å². The average molecular weight is 524 g/mol. The first-order valence-electron chi connectivity index (χ1n) is 10.7. The summed E-state index contributed by atoms with van der Waals surface area (Å²) in [6, 6.07) is 19.8. The lowest BCUT2D eigenvalue weighted by molar-refractivity contribution is -0.131. The molecule has 3 aromatic carbocycles. The summed E-state index contributed by atoms with van der Waals surface area (Å²) in [7, 11) is 3.11. The van der Waals surface area contributed by atoms with Crippen LogP contribution in [0.25, 0.3) is 17.5 Å². The Morgan fingerprint density at radius 2 is 1.75 bits per heavy atom. The molecule has 4 rings (SSSR count). The van der Waals surface area contributed by atoms with Gasteiger partial charge in [-0.25, -0.2) is 9.78 Å². The van der Waals surface area contributed by atoms with Crippen molar-refractivity contribution in [2.45, 2.75) is 11.8 Å². The van der Waals surface area contributed by atoms with Crippen LogP contribution >= 0.6 is 23.4 Å². The maximum atomic E-state index is 12.0. The molecule has 0 amide bonds. The van der Waals surface area contributed by atoms with Gasteiger partial charge >= 0.3 is 5.97 Å². The lowest BCUT2D eigenvalue weighted by Gasteiger charge is -2.10. The van der Waals surface area contributed by atoms with E-state index in [2.05, 4.69) is 15.2 Å². The molecule has 36 heavy (non-hydrogen) atoms. The van der Waals surface area contributed by atoms with Crippen LogP contribution in [0.5, 0.6) is 17.2 Å². The molecule has 8 nitrogen and oxygen atoms in total. The first-order chi connectivity index (χ1) is 17.4. The van der Waals surface area contributed by atoms with Crippen molar-refractivity contribution >= 4 is 35.4 Å². The van der Waals surface area contributed by atoms with Crippen LogP contribution in [0.4, 0.5) is 0 Å². The van der Waals surface area contributed by atoms with E-state index in [1.807, 2.05) is 24.3 Å². The number of aromatic nitrogens is 3. The number of rotatable bonds is 10. The molecule has 0 aliphatic carbocycles. The lowest BCUT2D eigenvalue weighted by atomic mass is 10.2. The number of carbonyl (C=O) groups is 1. The SMILES string of the molecule is COc1cc(OC)cc(-c2nc(S/C(=C\c3ccccc3OCc3ccc(Cl)cc3)C(=O)O)n[nH]2)c1. The Kier molecular flexibility index (Phi) is 8.14. The minimum Gasteiger partial charge on any atom is -0.497 e. The lowest BCUT2D eigenvalue weighted by Crippen LogP contribution is -1.99. The number of hydrogen-bond donors (Lipinski definition) is 2. The molecule has 0 aliphatic heterocycles. The largest absolute Gasteiger partial charge is 0.497 e. The third-order valence-corrected chi connectivity index (χ3v) is 6.14. The first-order valence-corrected chi connectivity index (χ1v) is 11.9. The number of methoxy groups -OCH3 is 2. The van der Waals surface area contributed by atoms with Gasteiger partial charge in [0.25, 0.3) is 0 Å². The van der Waals surface area contributed by atoms with Gasteiger partial charge in [0.15, 0.2) is 5.82 Å². The molecule has 2 N–H and O–H groups in total. The van der Waals surface area contributed by atoms with E-state index in [1.165, 1.54) is 6.08 Å². The molecular weight excluding hydrogens is 502 g/mol. The molecule has 4 aromatic rings. The van der Waals surface area contributed by atoms with Crippen molar-refractivity contribution < 1.29 is 24.1 Å². The highest BCUT2D eigenvalue weighted by Crippen LogP contribution is 2.32. The van der Waals surface area contributed by atoms with Gasteiger partial charge in [0.05, 0.1) is 14.2 Å². The molecule has 0 atom stereocenters. The number of carboxylic acid groups (broad SMARTS) is 1. The number of hydrogen-bond acceptors (Lipinski definition) is 7. The summed E-state index contributed by atoms with van der Waals surface area (Å²) in [5.74, 6) is 1.08. The summed E-state index contributed by atoms with van der Waals surface area (Å²) in [6.45, 7) is 0.311. The van der Waals surface area contributed by atoms with E-state index < -0.39 is 5.97 Å². The summed E-state index contributed by atoms with van der Waals surface area (Å²) in [4.78, 5) is 16.5. The molecule has 0 fully saturated rings. The molecule has 0 radical (unpaired) electrons. The van der Waals surface area contributed by atoms with Crippen LogP contribution < -0.4 is 14.2 Å². The Morgan fingerprint density at radius 1 is 1.06 bits per heavy atom. The maximum absolute atomic E-state index is 12.0. The molecule has 0 saturated heterocycles. The van der Waals surface area contributed by atoms with E-state index in [1.54, 1.807) is 56.7 Å². The van der Waals surface area contributed by atoms with Gasteiger partial charge in [0.2, 0.25) is 5.16 Å². The van der Waals surface area contributed by atoms with Gasteiger partial charge in [-0.1, -0.05) is 41.9 Å². The van der Waals surface area contributed by atoms with Crippen LogP contribution in [0.3, 0.4) is 0 Å². The van der Waals surface area contributed by atoms with E-state index in [4.69, 9.17) is 25.8 Å². The van der Waals surface area contributed by atoms with Gasteiger partial charge in [-0.2, -0.15) is 0 Å². The zero-order chi connectivity index (χ0) is 25.5. The topological polar surface area (TPSA) is 107 Å². The zero-order valence-corrected chi connectivity index (χ0v) is 21.0. The number of aromatic amines is 1. The molecule has 0 bridgehead atoms. The Hall–Kier alpha value is -3.95. The maximum Gasteiger partial charge on any atom is 0.342 e. The van der Waals surface area contributed by atoms with Gasteiger partial charge in [0, 0.05) is 22.2 Å². The second-order valence-corrected chi connectivity index (χ2v) is 8.88. The third kappa shape index (κ3) is 6.38. The summed E-state index contributed by atoms with van der Waals surface area (Å²) in [5, 5.41) is 17.7. The summed E-state index contributed by atoms with van der Waals surface area (Å²) < 4.78 is 16.5. The van der Waals surface area contributed by atoms with Gasteiger partial charge in [-0.05, 0) is 53.7 Å². The summed E-state index contributed by atoms with van der Waals surface area (Å²) in [6.07, 6.45) is 1.54. The van der Waals surface area contributed by atoms with Crippen LogP contribution in [-0.4, -0.2) is 40.5 Å². The Balaban J connectivity index is 1.55. The predicted molar refractivity (Wildman–Crippen MR) is 139 cm³/mol. The van der Waals surface area contributed by atoms with Crippen molar-refractivity contribution in [2.24, 2.45) is 0 Å². The van der Waals surface area contributed by atoms with Crippen molar-refractivity contribution in [3.05, 3.63) is 87.8 Å². The third-order valence-electron chi connectivity index (χ3n) is 5.02. The summed E-state index contributed by atoms with van der Waals surface area (Å²) >= 11 is 6.87. The smallest absolute Gasteiger partial charge is 0.342 e. The quantitative estimate of drug-likeness (QED) is 0.194. The number of aliphatic carboxylic acids is 1. The molecular formula is C26H22ClN3O5S. The number of benzene rings is 3. The van der Waals surface area contributed by atoms with E-state index in [0.717, 1.165) is 17.3 Å². The molecule has 184 valence electrons. The Bertz CT molecular complexity index is 1370. The van der Waals surface area contributed by atoms with Crippen LogP contribution in [0.2, 0.25) is 5.02 Å². The van der Waals surface area contributed by atoms with E-state index in [-0.39, 0.29) is 10.1 Å². The fourth-order valence-electron chi connectivity index (χ4n) is 3.21. The highest BCUT2D eigenvalue weighted by Gasteiger charge is 2.16. The normalized spacial score (nSPS) is 11.2. The van der Waals surface area contributed by atoms with E-state index in [9.17, 15) is 9.90 Å². The number of thioether (sulfide) groups is 1. The zero-order valence-electron chi connectivity index (χ0n) is 19.4. The van der Waals surface area contributed by atoms with Crippen molar-refractivity contribution in [1.82, 2.24) is 15.2 Å². The second kappa shape index (κ2) is 11.7. The predicted octanol–water partition coefficient (Wildman–Crippen LogP) is 5.94. The number of halogens is 1. The standard InChI is InChI=1S/C26H22ClN3O5S/c1-33-20-11-18(12-21(14-20)34-2)24-28-26(30-29-24)36-23(25(31)32)13-17-5-3-4-6-22(17)35-15-16-7-9-19(27)10-8-16/h3-14H,15H2,1-2H3,(H,31,32)(H,28,29,30)/b23-13-. The molecule has 0 spiro atoms. The average Bonchev–Trinajstić information content (AvgIpc) is 3.37. The molecule has 10 heteroatoms. The van der Waals surface area contributed by atoms with Crippen LogP contribution in [-0.2, 0) is 11.4 Å². The van der Waals surface area contributed by atoms with Gasteiger partial charge < -0.3 is 19.3 Å². The van der Waals surface area contributed by atoms with Crippen molar-refractivity contribution in [3.8, 4) is 28.6 Å². The van der Waals surface area contributed by atoms with E-state index in [0.29, 0.717) is 45.8 Å². The number of nitrogens with one attached hydrogen (secondary N) is 1. The number of H-pyrrole nitrogens is 1. The fourth-order valence-corrected chi connectivity index (χ4v) is 4.04. The number of para-hydroxylation sites is 1. The van der Waals surface area contributed by atoms with Crippen LogP contribution in [0.15, 0.2) is 76.8 Å². The van der Waals surface area contributed by atoms with Crippen LogP contribution in [0.1, 0.15) is 11.1 Å². The van der Waals surface area contributed by atoms with Crippen molar-refractivity contribution in [2.75, 3.05) is 14.2 Å². The first kappa shape index (κ1) is 25.2. The summed E-state index contributed by atoms with van der Waals surface area (Å²) in [5.41, 5.74) is 2.24. The second-order valence-electron chi connectivity index (χ2n) is 7.44. The monoisotopic (exact) mass is 523 g/mol. The molecule has 0 unspecified atom stereocenters. The highest BCUT2D eigenvalue weighted by atomic mass is 35.5. The molecule has 1 heterocycles. The van der Waals surface area contributed by atoms with E-state index >= 15 is 0 Å². The molecule has 1 aromatic heterocycles. The van der Waals surface area contributed by atoms with Gasteiger partial charge in [-0.15, -0.1) is 5.10 Å². The fraction of sp³-hybridized carbons (Fsp3) is 0.115. The Labute approximate surface area is 216 Å². The van der Waals surface area contributed by atoms with Gasteiger partial charge in [0.1, 0.15) is 28.8 Å². The minimum atomic E-state index is -1.11. The molecule has 0 saturated carbocycles. The van der Waals surface area contributed by atoms with Gasteiger partial charge in [-0.3, -0.25) is 5.10 Å². The minimum absolute atomic E-state index is 0.0336. The van der Waals surface area contributed by atoms with Crippen LogP contribution in [0, 0.1) is 0 Å². The highest BCUT2D eigenvalue weighted by molar-refractivity contribution is 8.04. The number of nitrogens with zero attached hydrogens (tertiary/aromatic N) is 2. The van der Waals surface area contributed by atoms with Crippen molar-refractivity contribution in [1.29, 1.82) is 0 Å². The number of ether oxygens (including phenoxy) is 3. The number of carboxylic acids is 1. The molecule has 0 aliphatic rings.